The first-order chi connectivity index (χ1) is 8.60. The summed E-state index contributed by atoms with van der Waals surface area (Å²) >= 11 is 3.21. The Labute approximate surface area is 114 Å². The number of aryl methyl sites for hydroxylation is 1. The van der Waals surface area contributed by atoms with Gasteiger partial charge in [-0.25, -0.2) is 4.39 Å². The molecule has 2 aromatic rings. The number of benzene rings is 1. The van der Waals surface area contributed by atoms with Crippen molar-refractivity contribution in [3.05, 3.63) is 52.0 Å². The SMILES string of the molecule is CNC(Cc1ccc(F)c(Br)c1)c1cnn(C)c1. The van der Waals surface area contributed by atoms with E-state index in [2.05, 4.69) is 26.3 Å². The Hall–Kier alpha value is -1.20. The summed E-state index contributed by atoms with van der Waals surface area (Å²) in [7, 11) is 3.81. The van der Waals surface area contributed by atoms with Crippen LogP contribution in [0.2, 0.25) is 0 Å². The van der Waals surface area contributed by atoms with Crippen molar-refractivity contribution in [3.8, 4) is 0 Å². The number of hydrogen-bond donors (Lipinski definition) is 1. The van der Waals surface area contributed by atoms with Crippen LogP contribution in [-0.2, 0) is 13.5 Å². The van der Waals surface area contributed by atoms with Crippen molar-refractivity contribution in [1.82, 2.24) is 15.1 Å². The first-order valence-electron chi connectivity index (χ1n) is 5.70. The number of nitrogens with one attached hydrogen (secondary N) is 1. The lowest BCUT2D eigenvalue weighted by Crippen LogP contribution is -2.18. The topological polar surface area (TPSA) is 29.9 Å². The van der Waals surface area contributed by atoms with Gasteiger partial charge in [-0.05, 0) is 47.1 Å². The molecule has 0 saturated carbocycles. The highest BCUT2D eigenvalue weighted by Gasteiger charge is 2.12. The largest absolute Gasteiger partial charge is 0.313 e. The molecule has 0 aliphatic carbocycles. The minimum atomic E-state index is -0.235. The molecule has 1 unspecified atom stereocenters. The monoisotopic (exact) mass is 311 g/mol. The Bertz CT molecular complexity index is 539. The van der Waals surface area contributed by atoms with Gasteiger partial charge in [-0.2, -0.15) is 5.10 Å². The van der Waals surface area contributed by atoms with Gasteiger partial charge in [0.1, 0.15) is 5.82 Å². The second-order valence-corrected chi connectivity index (χ2v) is 5.10. The van der Waals surface area contributed by atoms with E-state index in [-0.39, 0.29) is 11.9 Å². The first-order valence-corrected chi connectivity index (χ1v) is 6.49. The van der Waals surface area contributed by atoms with E-state index in [0.29, 0.717) is 4.47 Å². The minimum absolute atomic E-state index is 0.177. The highest BCUT2D eigenvalue weighted by atomic mass is 79.9. The zero-order chi connectivity index (χ0) is 13.1. The Morgan fingerprint density at radius 1 is 1.50 bits per heavy atom. The van der Waals surface area contributed by atoms with Gasteiger partial charge in [-0.1, -0.05) is 6.07 Å². The molecule has 5 heteroatoms. The molecule has 1 aromatic carbocycles. The van der Waals surface area contributed by atoms with Gasteiger partial charge in [0.2, 0.25) is 0 Å². The quantitative estimate of drug-likeness (QED) is 0.941. The Morgan fingerprint density at radius 2 is 2.28 bits per heavy atom. The minimum Gasteiger partial charge on any atom is -0.313 e. The first kappa shape index (κ1) is 13.2. The van der Waals surface area contributed by atoms with Crippen LogP contribution in [0.4, 0.5) is 4.39 Å². The fraction of sp³-hybridized carbons (Fsp3) is 0.308. The van der Waals surface area contributed by atoms with E-state index in [4.69, 9.17) is 0 Å². The number of hydrogen-bond acceptors (Lipinski definition) is 2. The molecular weight excluding hydrogens is 297 g/mol. The summed E-state index contributed by atoms with van der Waals surface area (Å²) in [5, 5.41) is 7.42. The Morgan fingerprint density at radius 3 is 2.83 bits per heavy atom. The summed E-state index contributed by atoms with van der Waals surface area (Å²) in [6.07, 6.45) is 4.63. The van der Waals surface area contributed by atoms with Crippen LogP contribution in [0.15, 0.2) is 35.1 Å². The average molecular weight is 312 g/mol. The molecule has 3 nitrogen and oxygen atoms in total. The number of nitrogens with zero attached hydrogens (tertiary/aromatic N) is 2. The summed E-state index contributed by atoms with van der Waals surface area (Å²) in [6, 6.07) is 5.28. The third-order valence-electron chi connectivity index (χ3n) is 2.90. The van der Waals surface area contributed by atoms with Crippen LogP contribution >= 0.6 is 15.9 Å². The van der Waals surface area contributed by atoms with Gasteiger partial charge in [0.05, 0.1) is 10.7 Å². The van der Waals surface area contributed by atoms with Crippen LogP contribution in [0, 0.1) is 5.82 Å². The van der Waals surface area contributed by atoms with Gasteiger partial charge in [0.15, 0.2) is 0 Å². The molecule has 0 amide bonds. The molecular formula is C13H15BrFN3. The summed E-state index contributed by atoms with van der Waals surface area (Å²) in [4.78, 5) is 0. The molecule has 1 N–H and O–H groups in total. The van der Waals surface area contributed by atoms with Crippen LogP contribution in [0.1, 0.15) is 17.2 Å². The van der Waals surface area contributed by atoms with Gasteiger partial charge in [0.25, 0.3) is 0 Å². The number of likely N-dealkylation sites (N-methyl/N-ethyl adjacent to an activating group) is 1. The van der Waals surface area contributed by atoms with E-state index in [9.17, 15) is 4.39 Å². The van der Waals surface area contributed by atoms with Crippen LogP contribution in [0.25, 0.3) is 0 Å². The van der Waals surface area contributed by atoms with E-state index in [0.717, 1.165) is 17.5 Å². The zero-order valence-electron chi connectivity index (χ0n) is 10.3. The second-order valence-electron chi connectivity index (χ2n) is 4.24. The second kappa shape index (κ2) is 5.63. The lowest BCUT2D eigenvalue weighted by Gasteiger charge is -2.14. The van der Waals surface area contributed by atoms with E-state index in [1.54, 1.807) is 10.7 Å². The van der Waals surface area contributed by atoms with Crippen LogP contribution < -0.4 is 5.32 Å². The highest BCUT2D eigenvalue weighted by Crippen LogP contribution is 2.22. The Kier molecular flexibility index (Phi) is 4.14. The molecule has 1 atom stereocenters. The molecule has 0 saturated heterocycles. The fourth-order valence-corrected chi connectivity index (χ4v) is 2.34. The van der Waals surface area contributed by atoms with Crippen molar-refractivity contribution in [2.45, 2.75) is 12.5 Å². The molecule has 0 bridgehead atoms. The molecule has 0 radical (unpaired) electrons. The van der Waals surface area contributed by atoms with Crippen molar-refractivity contribution < 1.29 is 4.39 Å². The van der Waals surface area contributed by atoms with Gasteiger partial charge in [0, 0.05) is 24.8 Å². The summed E-state index contributed by atoms with van der Waals surface area (Å²) in [5.41, 5.74) is 2.20. The van der Waals surface area contributed by atoms with Crippen LogP contribution in [0.5, 0.6) is 0 Å². The van der Waals surface area contributed by atoms with Crippen molar-refractivity contribution >= 4 is 15.9 Å². The van der Waals surface area contributed by atoms with E-state index in [1.807, 2.05) is 32.6 Å². The van der Waals surface area contributed by atoms with Gasteiger partial charge in [-0.3, -0.25) is 4.68 Å². The Balaban J connectivity index is 2.17. The average Bonchev–Trinajstić information content (AvgIpc) is 2.77. The number of aromatic nitrogens is 2. The third kappa shape index (κ3) is 2.97. The molecule has 96 valence electrons. The molecule has 18 heavy (non-hydrogen) atoms. The van der Waals surface area contributed by atoms with Crippen molar-refractivity contribution in [1.29, 1.82) is 0 Å². The molecule has 0 spiro atoms. The summed E-state index contributed by atoms with van der Waals surface area (Å²) in [5.74, 6) is -0.235. The molecule has 1 heterocycles. The van der Waals surface area contributed by atoms with Crippen LogP contribution in [0.3, 0.4) is 0 Å². The maximum Gasteiger partial charge on any atom is 0.137 e. The van der Waals surface area contributed by atoms with Crippen molar-refractivity contribution in [3.63, 3.8) is 0 Å². The van der Waals surface area contributed by atoms with E-state index in [1.165, 1.54) is 6.07 Å². The van der Waals surface area contributed by atoms with Crippen LogP contribution in [-0.4, -0.2) is 16.8 Å². The zero-order valence-corrected chi connectivity index (χ0v) is 11.9. The predicted molar refractivity (Wildman–Crippen MR) is 72.8 cm³/mol. The fourth-order valence-electron chi connectivity index (χ4n) is 1.91. The van der Waals surface area contributed by atoms with Crippen molar-refractivity contribution in [2.75, 3.05) is 7.05 Å². The lowest BCUT2D eigenvalue weighted by atomic mass is 10.0. The maximum atomic E-state index is 13.2. The molecule has 0 aliphatic heterocycles. The normalized spacial score (nSPS) is 12.7. The van der Waals surface area contributed by atoms with Gasteiger partial charge in [-0.15, -0.1) is 0 Å². The molecule has 0 aliphatic rings. The summed E-state index contributed by atoms with van der Waals surface area (Å²) in [6.45, 7) is 0. The maximum absolute atomic E-state index is 13.2. The highest BCUT2D eigenvalue weighted by molar-refractivity contribution is 9.10. The summed E-state index contributed by atoms with van der Waals surface area (Å²) < 4.78 is 15.4. The van der Waals surface area contributed by atoms with Gasteiger partial charge >= 0.3 is 0 Å². The van der Waals surface area contributed by atoms with Crippen molar-refractivity contribution in [2.24, 2.45) is 7.05 Å². The standard InChI is InChI=1S/C13H15BrFN3/c1-16-13(10-7-17-18(2)8-10)6-9-3-4-12(15)11(14)5-9/h3-5,7-8,13,16H,6H2,1-2H3. The number of halogens is 2. The molecule has 1 aromatic heterocycles. The van der Waals surface area contributed by atoms with Gasteiger partial charge < -0.3 is 5.32 Å². The van der Waals surface area contributed by atoms with E-state index < -0.39 is 0 Å². The predicted octanol–water partition coefficient (Wildman–Crippen LogP) is 2.82. The molecule has 0 fully saturated rings. The third-order valence-corrected chi connectivity index (χ3v) is 3.51. The smallest absolute Gasteiger partial charge is 0.137 e. The molecule has 2 rings (SSSR count). The lowest BCUT2D eigenvalue weighted by molar-refractivity contribution is 0.587. The van der Waals surface area contributed by atoms with E-state index >= 15 is 0 Å². The number of rotatable bonds is 4.